The molecule has 0 bridgehead atoms. The Morgan fingerprint density at radius 3 is 2.00 bits per heavy atom. The summed E-state index contributed by atoms with van der Waals surface area (Å²) in [6.07, 6.45) is -16.2. The van der Waals surface area contributed by atoms with Crippen LogP contribution in [0.3, 0.4) is 0 Å². The van der Waals surface area contributed by atoms with Gasteiger partial charge >= 0.3 is 0 Å². The fourth-order valence-electron chi connectivity index (χ4n) is 2.74. The highest BCUT2D eigenvalue weighted by atomic mass is 16.7. The van der Waals surface area contributed by atoms with Gasteiger partial charge in [-0.1, -0.05) is 20.8 Å². The lowest BCUT2D eigenvalue weighted by molar-refractivity contribution is -0.326. The van der Waals surface area contributed by atoms with Crippen molar-refractivity contribution in [3.8, 4) is 0 Å². The molecule has 9 unspecified atom stereocenters. The maximum Gasteiger partial charge on any atom is 0.252 e. The van der Waals surface area contributed by atoms with E-state index in [4.69, 9.17) is 9.47 Å². The molecule has 1 fully saturated rings. The zero-order valence-corrected chi connectivity index (χ0v) is 18.4. The molecule has 31 heavy (non-hydrogen) atoms. The van der Waals surface area contributed by atoms with Gasteiger partial charge in [0.25, 0.3) is 5.91 Å². The Labute approximate surface area is 181 Å². The predicted octanol–water partition coefficient (Wildman–Crippen LogP) is -3.81. The molecular weight excluding hydrogens is 418 g/mol. The van der Waals surface area contributed by atoms with Crippen LogP contribution in [0.2, 0.25) is 0 Å². The lowest BCUT2D eigenvalue weighted by Crippen LogP contribution is -2.63. The third kappa shape index (κ3) is 6.54. The summed E-state index contributed by atoms with van der Waals surface area (Å²) >= 11 is 0. The summed E-state index contributed by atoms with van der Waals surface area (Å²) in [5, 5.41) is 81.8. The Hall–Kier alpha value is -0.930. The van der Waals surface area contributed by atoms with Crippen LogP contribution in [0.15, 0.2) is 0 Å². The number of aliphatic hydroxyl groups is 8. The molecule has 1 rings (SSSR count). The smallest absolute Gasteiger partial charge is 0.252 e. The predicted molar refractivity (Wildman–Crippen MR) is 105 cm³/mol. The summed E-state index contributed by atoms with van der Waals surface area (Å²) in [6, 6.07) is 0. The van der Waals surface area contributed by atoms with E-state index in [9.17, 15) is 45.6 Å². The third-order valence-electron chi connectivity index (χ3n) is 5.95. The zero-order valence-electron chi connectivity index (χ0n) is 18.4. The van der Waals surface area contributed by atoms with Gasteiger partial charge in [-0.25, -0.2) is 0 Å². The molecule has 1 amide bonds. The van der Waals surface area contributed by atoms with Crippen molar-refractivity contribution in [2.24, 2.45) is 5.41 Å². The second-order valence-electron chi connectivity index (χ2n) is 9.35. The summed E-state index contributed by atoms with van der Waals surface area (Å²) in [5.74, 6) is -0.972. The molecule has 184 valence electrons. The second-order valence-corrected chi connectivity index (χ2v) is 9.35. The topological polar surface area (TPSA) is 209 Å². The van der Waals surface area contributed by atoms with Gasteiger partial charge in [-0.05, 0) is 19.3 Å². The number of amides is 1. The first-order chi connectivity index (χ1) is 14.1. The molecule has 1 aliphatic heterocycles. The van der Waals surface area contributed by atoms with Crippen molar-refractivity contribution in [1.82, 2.24) is 5.32 Å². The van der Waals surface area contributed by atoms with Gasteiger partial charge < -0.3 is 55.6 Å². The first kappa shape index (κ1) is 28.1. The fraction of sp³-hybridized carbons (Fsp3) is 0.947. The zero-order chi connectivity index (χ0) is 24.3. The lowest BCUT2D eigenvalue weighted by atomic mass is 9.76. The van der Waals surface area contributed by atoms with E-state index in [1.165, 1.54) is 0 Å². The molecule has 1 heterocycles. The summed E-state index contributed by atoms with van der Waals surface area (Å²) in [5.41, 5.74) is -1.21. The summed E-state index contributed by atoms with van der Waals surface area (Å²) in [6.45, 7) is 7.32. The number of hydrogen-bond donors (Lipinski definition) is 9. The summed E-state index contributed by atoms with van der Waals surface area (Å²) < 4.78 is 10.4. The van der Waals surface area contributed by atoms with Crippen LogP contribution in [0, 0.1) is 5.41 Å². The van der Waals surface area contributed by atoms with E-state index in [-0.39, 0.29) is 0 Å². The van der Waals surface area contributed by atoms with Crippen LogP contribution < -0.4 is 5.32 Å². The minimum Gasteiger partial charge on any atom is -0.394 e. The molecule has 1 aliphatic rings. The van der Waals surface area contributed by atoms with Crippen molar-refractivity contribution >= 4 is 5.91 Å². The molecule has 0 spiro atoms. The van der Waals surface area contributed by atoms with Crippen LogP contribution in [-0.4, -0.2) is 121 Å². The standard InChI is InChI=1S/C19H37NO11/c1-18(2,3)19(4,5)20-16(29)13(27)12(26)15(8(23)6-21)31-17-14(28)11(25)10(24)9(7-22)30-17/h8-15,17,21-28H,6-7H2,1-5H3,(H,20,29). The largest absolute Gasteiger partial charge is 0.394 e. The Kier molecular flexibility index (Phi) is 9.78. The van der Waals surface area contributed by atoms with E-state index in [1.54, 1.807) is 13.8 Å². The number of carbonyl (C=O) groups excluding carboxylic acids is 1. The van der Waals surface area contributed by atoms with Gasteiger partial charge in [0.2, 0.25) is 0 Å². The molecule has 12 heteroatoms. The molecule has 0 radical (unpaired) electrons. The number of aliphatic hydroxyl groups excluding tert-OH is 8. The molecule has 0 aromatic carbocycles. The van der Waals surface area contributed by atoms with Crippen LogP contribution in [-0.2, 0) is 14.3 Å². The normalized spacial score (nSPS) is 31.6. The van der Waals surface area contributed by atoms with Gasteiger partial charge in [0.05, 0.1) is 13.2 Å². The second kappa shape index (κ2) is 10.8. The number of rotatable bonds is 9. The maximum atomic E-state index is 12.5. The van der Waals surface area contributed by atoms with E-state index in [1.807, 2.05) is 20.8 Å². The monoisotopic (exact) mass is 455 g/mol. The number of carbonyl (C=O) groups is 1. The highest BCUT2D eigenvalue weighted by Crippen LogP contribution is 2.30. The highest BCUT2D eigenvalue weighted by molar-refractivity contribution is 5.82. The third-order valence-corrected chi connectivity index (χ3v) is 5.95. The van der Waals surface area contributed by atoms with E-state index in [0.717, 1.165) is 0 Å². The van der Waals surface area contributed by atoms with E-state index >= 15 is 0 Å². The van der Waals surface area contributed by atoms with Gasteiger partial charge in [-0.3, -0.25) is 4.79 Å². The molecule has 9 N–H and O–H groups in total. The average Bonchev–Trinajstić information content (AvgIpc) is 2.68. The minimum atomic E-state index is -2.10. The molecule has 1 saturated heterocycles. The Balaban J connectivity index is 3.02. The summed E-state index contributed by atoms with van der Waals surface area (Å²) in [4.78, 5) is 12.5. The molecular formula is C19H37NO11. The quantitative estimate of drug-likeness (QED) is 0.164. The Morgan fingerprint density at radius 1 is 1.00 bits per heavy atom. The van der Waals surface area contributed by atoms with Crippen molar-refractivity contribution in [2.45, 2.75) is 95.3 Å². The van der Waals surface area contributed by atoms with Crippen LogP contribution in [0.1, 0.15) is 34.6 Å². The SMILES string of the molecule is CC(C)(C)C(C)(C)NC(=O)C(O)C(O)C(OC1OC(CO)C(O)C(O)C1O)C(O)CO. The number of nitrogens with one attached hydrogen (secondary N) is 1. The van der Waals surface area contributed by atoms with Crippen LogP contribution in [0.5, 0.6) is 0 Å². The minimum absolute atomic E-state index is 0.413. The van der Waals surface area contributed by atoms with E-state index in [2.05, 4.69) is 5.32 Å². The van der Waals surface area contributed by atoms with E-state index < -0.39 is 85.2 Å². The van der Waals surface area contributed by atoms with Gasteiger partial charge in [-0.2, -0.15) is 0 Å². The molecule has 0 saturated carbocycles. The molecule has 12 nitrogen and oxygen atoms in total. The van der Waals surface area contributed by atoms with Gasteiger partial charge in [0.1, 0.15) is 42.7 Å². The number of hydrogen-bond acceptors (Lipinski definition) is 11. The molecule has 9 atom stereocenters. The fourth-order valence-corrected chi connectivity index (χ4v) is 2.74. The van der Waals surface area contributed by atoms with Crippen molar-refractivity contribution < 1.29 is 55.1 Å². The maximum absolute atomic E-state index is 12.5. The molecule has 0 aromatic rings. The van der Waals surface area contributed by atoms with Gasteiger partial charge in [-0.15, -0.1) is 0 Å². The van der Waals surface area contributed by atoms with Crippen LogP contribution in [0.4, 0.5) is 0 Å². The van der Waals surface area contributed by atoms with Gasteiger partial charge in [0.15, 0.2) is 12.4 Å². The van der Waals surface area contributed by atoms with Crippen LogP contribution in [0.25, 0.3) is 0 Å². The Bertz CT molecular complexity index is 580. The highest BCUT2D eigenvalue weighted by Gasteiger charge is 2.47. The molecule has 0 aliphatic carbocycles. The first-order valence-electron chi connectivity index (χ1n) is 10.0. The number of ether oxygens (including phenoxy) is 2. The summed E-state index contributed by atoms with van der Waals surface area (Å²) in [7, 11) is 0. The lowest BCUT2D eigenvalue weighted by Gasteiger charge is -2.43. The average molecular weight is 456 g/mol. The van der Waals surface area contributed by atoms with Crippen LogP contribution >= 0.6 is 0 Å². The van der Waals surface area contributed by atoms with E-state index in [0.29, 0.717) is 0 Å². The van der Waals surface area contributed by atoms with Gasteiger partial charge in [0, 0.05) is 5.54 Å². The van der Waals surface area contributed by atoms with Crippen molar-refractivity contribution in [2.75, 3.05) is 13.2 Å². The Morgan fingerprint density at radius 2 is 1.55 bits per heavy atom. The first-order valence-corrected chi connectivity index (χ1v) is 10.0. The van der Waals surface area contributed by atoms with Crippen molar-refractivity contribution in [3.05, 3.63) is 0 Å². The van der Waals surface area contributed by atoms with Crippen molar-refractivity contribution in [3.63, 3.8) is 0 Å². The molecule has 0 aromatic heterocycles. The van der Waals surface area contributed by atoms with Crippen molar-refractivity contribution in [1.29, 1.82) is 0 Å².